The second kappa shape index (κ2) is 7.33. The summed E-state index contributed by atoms with van der Waals surface area (Å²) in [6.45, 7) is -2.64. The van der Waals surface area contributed by atoms with Crippen LogP contribution in [0.3, 0.4) is 0 Å². The normalized spacial score (nSPS) is 40.1. The van der Waals surface area contributed by atoms with Crippen LogP contribution >= 0.6 is 0 Å². The van der Waals surface area contributed by atoms with E-state index in [2.05, 4.69) is 4.74 Å². The van der Waals surface area contributed by atoms with E-state index in [1.165, 1.54) is 0 Å². The molecule has 188 valence electrons. The molecular weight excluding hydrogens is 481 g/mol. The molecule has 4 aliphatic carbocycles. The molecule has 9 atom stereocenters. The van der Waals surface area contributed by atoms with E-state index in [0.717, 1.165) is 6.42 Å². The minimum atomic E-state index is -6.38. The van der Waals surface area contributed by atoms with Gasteiger partial charge in [0.15, 0.2) is 0 Å². The van der Waals surface area contributed by atoms with E-state index in [1.807, 2.05) is 12.2 Å². The van der Waals surface area contributed by atoms with E-state index in [1.54, 1.807) is 0 Å². The third-order valence-corrected chi connectivity index (χ3v) is 7.96. The largest absolute Gasteiger partial charge is 0.461 e. The summed E-state index contributed by atoms with van der Waals surface area (Å²) in [5.41, 5.74) is -5.77. The van der Waals surface area contributed by atoms with Gasteiger partial charge in [-0.05, 0) is 31.1 Å². The molecule has 9 unspecified atom stereocenters. The first-order valence-corrected chi connectivity index (χ1v) is 10.8. The average Bonchev–Trinajstić information content (AvgIpc) is 3.52. The summed E-state index contributed by atoms with van der Waals surface area (Å²) >= 11 is 0. The summed E-state index contributed by atoms with van der Waals surface area (Å²) in [7, 11) is 0. The SMILES string of the molecule is O=C(OC1C2CC3C1OC(=O)C3C2C(=O)OCC(F)(C(F)(F)F)C(F)(F)F)C1CC2C=CC1C2. The van der Waals surface area contributed by atoms with E-state index < -0.39 is 84.3 Å². The van der Waals surface area contributed by atoms with Gasteiger partial charge in [-0.2, -0.15) is 26.3 Å². The molecule has 34 heavy (non-hydrogen) atoms. The lowest BCUT2D eigenvalue weighted by Crippen LogP contribution is -2.57. The predicted octanol–water partition coefficient (Wildman–Crippen LogP) is 3.29. The molecule has 0 aromatic heterocycles. The molecule has 5 rings (SSSR count). The Hall–Kier alpha value is -2.34. The molecule has 0 N–H and O–H groups in total. The van der Waals surface area contributed by atoms with Gasteiger partial charge in [-0.15, -0.1) is 0 Å². The number of carbonyl (C=O) groups excluding carboxylic acids is 3. The molecule has 3 saturated carbocycles. The zero-order valence-electron chi connectivity index (χ0n) is 17.3. The number of carbonyl (C=O) groups is 3. The number of allylic oxidation sites excluding steroid dienone is 2. The van der Waals surface area contributed by atoms with Crippen molar-refractivity contribution in [3.8, 4) is 0 Å². The molecular formula is C21H19F7O6. The number of hydrogen-bond acceptors (Lipinski definition) is 6. The highest BCUT2D eigenvalue weighted by Gasteiger charge is 2.74. The standard InChI is InChI=1S/C21H19F7O6/c22-19(20(23,24)25,21(26,27)28)6-32-17(30)12-10-5-11-13(12)18(31)34-15(11)14(10)33-16(29)9-4-7-1-2-8(9)3-7/h1-2,7-15H,3-6H2. The van der Waals surface area contributed by atoms with E-state index >= 15 is 0 Å². The molecule has 1 saturated heterocycles. The van der Waals surface area contributed by atoms with Crippen LogP contribution in [0.1, 0.15) is 19.3 Å². The number of esters is 3. The summed E-state index contributed by atoms with van der Waals surface area (Å²) in [6.07, 6.45) is -9.27. The second-order valence-corrected chi connectivity index (χ2v) is 9.71. The Kier molecular flexibility index (Phi) is 5.05. The third-order valence-electron chi connectivity index (χ3n) is 7.96. The van der Waals surface area contributed by atoms with Gasteiger partial charge in [-0.25, -0.2) is 4.39 Å². The lowest BCUT2D eigenvalue weighted by molar-refractivity contribution is -0.349. The van der Waals surface area contributed by atoms with Crippen LogP contribution in [-0.4, -0.2) is 54.7 Å². The number of halogens is 7. The maximum absolute atomic E-state index is 13.9. The van der Waals surface area contributed by atoms with Gasteiger partial charge in [-0.3, -0.25) is 14.4 Å². The van der Waals surface area contributed by atoms with Crippen molar-refractivity contribution in [1.29, 1.82) is 0 Å². The van der Waals surface area contributed by atoms with Gasteiger partial charge in [0.05, 0.1) is 17.8 Å². The molecule has 1 heterocycles. The van der Waals surface area contributed by atoms with Gasteiger partial charge in [0.25, 0.3) is 0 Å². The van der Waals surface area contributed by atoms with Crippen LogP contribution in [0.15, 0.2) is 12.2 Å². The van der Waals surface area contributed by atoms with Crippen LogP contribution in [0.5, 0.6) is 0 Å². The molecule has 0 aromatic rings. The highest BCUT2D eigenvalue weighted by Crippen LogP contribution is 2.59. The van der Waals surface area contributed by atoms with Crippen molar-refractivity contribution in [1.82, 2.24) is 0 Å². The van der Waals surface area contributed by atoms with Crippen molar-refractivity contribution in [2.45, 2.75) is 49.5 Å². The number of fused-ring (bicyclic) bond motifs is 3. The summed E-state index contributed by atoms with van der Waals surface area (Å²) in [6, 6.07) is 0. The third kappa shape index (κ3) is 3.24. The van der Waals surface area contributed by atoms with Gasteiger partial charge < -0.3 is 14.2 Å². The summed E-state index contributed by atoms with van der Waals surface area (Å²) < 4.78 is 106. The van der Waals surface area contributed by atoms with Crippen molar-refractivity contribution in [3.63, 3.8) is 0 Å². The van der Waals surface area contributed by atoms with E-state index in [-0.39, 0.29) is 18.3 Å². The Morgan fingerprint density at radius 1 is 0.941 bits per heavy atom. The minimum absolute atomic E-state index is 0.00172. The fourth-order valence-corrected chi connectivity index (χ4v) is 6.33. The van der Waals surface area contributed by atoms with Crippen LogP contribution < -0.4 is 0 Å². The first-order chi connectivity index (χ1) is 15.7. The molecule has 4 bridgehead atoms. The zero-order chi connectivity index (χ0) is 24.8. The highest BCUT2D eigenvalue weighted by molar-refractivity contribution is 5.86. The molecule has 0 spiro atoms. The molecule has 1 aliphatic heterocycles. The number of alkyl halides is 7. The second-order valence-electron chi connectivity index (χ2n) is 9.71. The topological polar surface area (TPSA) is 78.9 Å². The molecule has 0 amide bonds. The zero-order valence-corrected chi connectivity index (χ0v) is 17.3. The van der Waals surface area contributed by atoms with E-state index in [9.17, 15) is 45.1 Å². The summed E-state index contributed by atoms with van der Waals surface area (Å²) in [5.74, 6) is -7.35. The van der Waals surface area contributed by atoms with Gasteiger partial charge in [0, 0.05) is 11.8 Å². The predicted molar refractivity (Wildman–Crippen MR) is 94.1 cm³/mol. The van der Waals surface area contributed by atoms with Crippen molar-refractivity contribution < 1.29 is 59.3 Å². The first-order valence-electron chi connectivity index (χ1n) is 10.8. The van der Waals surface area contributed by atoms with Gasteiger partial charge in [0.1, 0.15) is 18.8 Å². The first kappa shape index (κ1) is 23.4. The quantitative estimate of drug-likeness (QED) is 0.250. The average molecular weight is 500 g/mol. The lowest BCUT2D eigenvalue weighted by atomic mass is 9.78. The van der Waals surface area contributed by atoms with Crippen LogP contribution in [0.2, 0.25) is 0 Å². The monoisotopic (exact) mass is 500 g/mol. The van der Waals surface area contributed by atoms with Crippen LogP contribution in [0, 0.1) is 41.4 Å². The lowest BCUT2D eigenvalue weighted by Gasteiger charge is -2.33. The van der Waals surface area contributed by atoms with Crippen molar-refractivity contribution in [3.05, 3.63) is 12.2 Å². The van der Waals surface area contributed by atoms with Crippen molar-refractivity contribution in [2.24, 2.45) is 41.4 Å². The Bertz CT molecular complexity index is 929. The van der Waals surface area contributed by atoms with Crippen LogP contribution in [-0.2, 0) is 28.6 Å². The number of rotatable bonds is 5. The molecule has 0 aromatic carbocycles. The molecule has 0 radical (unpaired) electrons. The highest BCUT2D eigenvalue weighted by atomic mass is 19.4. The maximum Gasteiger partial charge on any atom is 0.435 e. The molecule has 6 nitrogen and oxygen atoms in total. The Labute approximate surface area is 187 Å². The van der Waals surface area contributed by atoms with Crippen molar-refractivity contribution >= 4 is 17.9 Å². The van der Waals surface area contributed by atoms with Crippen molar-refractivity contribution in [2.75, 3.05) is 6.61 Å². The number of ether oxygens (including phenoxy) is 3. The Morgan fingerprint density at radius 2 is 1.62 bits per heavy atom. The minimum Gasteiger partial charge on any atom is -0.461 e. The summed E-state index contributed by atoms with van der Waals surface area (Å²) in [5, 5.41) is 0. The molecule has 13 heteroatoms. The Balaban J connectivity index is 1.31. The summed E-state index contributed by atoms with van der Waals surface area (Å²) in [4.78, 5) is 37.7. The van der Waals surface area contributed by atoms with Crippen LogP contribution in [0.4, 0.5) is 30.7 Å². The maximum atomic E-state index is 13.9. The molecule has 5 aliphatic rings. The fraction of sp³-hybridized carbons (Fsp3) is 0.762. The smallest absolute Gasteiger partial charge is 0.435 e. The fourth-order valence-electron chi connectivity index (χ4n) is 6.33. The van der Waals surface area contributed by atoms with Crippen LogP contribution in [0.25, 0.3) is 0 Å². The van der Waals surface area contributed by atoms with Gasteiger partial charge >= 0.3 is 35.9 Å². The van der Waals surface area contributed by atoms with Gasteiger partial charge in [-0.1, -0.05) is 12.2 Å². The molecule has 4 fully saturated rings. The van der Waals surface area contributed by atoms with E-state index in [4.69, 9.17) is 9.47 Å². The number of hydrogen-bond donors (Lipinski definition) is 0. The Morgan fingerprint density at radius 3 is 2.18 bits per heavy atom. The van der Waals surface area contributed by atoms with E-state index in [0.29, 0.717) is 6.42 Å². The van der Waals surface area contributed by atoms with Gasteiger partial charge in [0.2, 0.25) is 0 Å².